The third kappa shape index (κ3) is 4.54. The van der Waals surface area contributed by atoms with Gasteiger partial charge in [0.05, 0.1) is 21.8 Å². The summed E-state index contributed by atoms with van der Waals surface area (Å²) in [6.07, 6.45) is 1.54. The van der Waals surface area contributed by atoms with Crippen molar-refractivity contribution in [2.75, 3.05) is 5.32 Å². The number of hydrogen-bond acceptors (Lipinski definition) is 4. The molecule has 0 saturated carbocycles. The Balaban J connectivity index is 1.42. The molecule has 0 spiro atoms. The van der Waals surface area contributed by atoms with Crippen molar-refractivity contribution in [3.8, 4) is 11.3 Å². The van der Waals surface area contributed by atoms with E-state index in [2.05, 4.69) is 15.3 Å². The minimum atomic E-state index is -0.365. The molecule has 35 heavy (non-hydrogen) atoms. The third-order valence-corrected chi connectivity index (χ3v) is 6.12. The number of rotatable bonds is 5. The summed E-state index contributed by atoms with van der Waals surface area (Å²) < 4.78 is 0. The zero-order chi connectivity index (χ0) is 24.4. The summed E-state index contributed by atoms with van der Waals surface area (Å²) in [5.41, 5.74) is 5.44. The number of anilines is 1. The highest BCUT2D eigenvalue weighted by molar-refractivity contribution is 6.35. The fourth-order valence-corrected chi connectivity index (χ4v) is 4.24. The third-order valence-electron chi connectivity index (χ3n) is 5.81. The molecule has 5 rings (SSSR count). The number of carbonyl (C=O) groups excluding carboxylic acids is 2. The Hall–Kier alpha value is -4.35. The zero-order valence-corrected chi connectivity index (χ0v) is 19.6. The first kappa shape index (κ1) is 22.4. The van der Waals surface area contributed by atoms with Crippen LogP contribution in [0.4, 0.5) is 5.69 Å². The number of nitrogens with one attached hydrogen (secondary N) is 1. The molecule has 0 atom stereocenters. The molecule has 170 valence electrons. The van der Waals surface area contributed by atoms with Crippen LogP contribution in [0.2, 0.25) is 5.02 Å². The number of para-hydroxylation sites is 1. The van der Waals surface area contributed by atoms with Crippen molar-refractivity contribution in [1.82, 2.24) is 9.97 Å². The second-order valence-corrected chi connectivity index (χ2v) is 8.52. The topological polar surface area (TPSA) is 72.0 Å². The van der Waals surface area contributed by atoms with E-state index in [0.717, 1.165) is 27.7 Å². The summed E-state index contributed by atoms with van der Waals surface area (Å²) in [4.78, 5) is 34.6. The summed E-state index contributed by atoms with van der Waals surface area (Å²) >= 11 is 6.41. The van der Waals surface area contributed by atoms with Crippen molar-refractivity contribution in [3.05, 3.63) is 125 Å². The van der Waals surface area contributed by atoms with Crippen LogP contribution < -0.4 is 5.32 Å². The first-order valence-corrected chi connectivity index (χ1v) is 11.4. The van der Waals surface area contributed by atoms with E-state index in [1.54, 1.807) is 42.7 Å². The lowest BCUT2D eigenvalue weighted by molar-refractivity contribution is 0.102. The molecule has 0 radical (unpaired) electrons. The van der Waals surface area contributed by atoms with Gasteiger partial charge in [-0.1, -0.05) is 72.3 Å². The molecule has 0 aliphatic heterocycles. The molecule has 1 N–H and O–H groups in total. The number of carbonyl (C=O) groups is 2. The number of ketones is 1. The van der Waals surface area contributed by atoms with Gasteiger partial charge in [-0.25, -0.2) is 9.97 Å². The Morgan fingerprint density at radius 3 is 2.37 bits per heavy atom. The van der Waals surface area contributed by atoms with Gasteiger partial charge in [-0.3, -0.25) is 9.59 Å². The average molecular weight is 478 g/mol. The van der Waals surface area contributed by atoms with E-state index >= 15 is 0 Å². The highest BCUT2D eigenvalue weighted by Gasteiger charge is 2.16. The molecule has 0 saturated heterocycles. The van der Waals surface area contributed by atoms with Gasteiger partial charge in [-0.15, -0.1) is 0 Å². The van der Waals surface area contributed by atoms with Crippen LogP contribution in [0.25, 0.3) is 22.2 Å². The zero-order valence-electron chi connectivity index (χ0n) is 18.8. The molecule has 0 aliphatic rings. The maximum Gasteiger partial charge on any atom is 0.257 e. The maximum absolute atomic E-state index is 13.0. The fourth-order valence-electron chi connectivity index (χ4n) is 3.97. The first-order valence-electron chi connectivity index (χ1n) is 11.0. The molecule has 6 heteroatoms. The van der Waals surface area contributed by atoms with Crippen molar-refractivity contribution in [2.24, 2.45) is 0 Å². The van der Waals surface area contributed by atoms with Crippen LogP contribution in [0.15, 0.2) is 97.3 Å². The molecular weight excluding hydrogens is 458 g/mol. The average Bonchev–Trinajstić information content (AvgIpc) is 2.89. The predicted molar refractivity (Wildman–Crippen MR) is 139 cm³/mol. The van der Waals surface area contributed by atoms with Crippen molar-refractivity contribution >= 4 is 39.9 Å². The number of hydrogen-bond donors (Lipinski definition) is 1. The van der Waals surface area contributed by atoms with Gasteiger partial charge in [0.25, 0.3) is 5.91 Å². The molecule has 1 aromatic heterocycles. The minimum Gasteiger partial charge on any atom is -0.322 e. The van der Waals surface area contributed by atoms with E-state index < -0.39 is 0 Å². The van der Waals surface area contributed by atoms with Gasteiger partial charge in [0, 0.05) is 27.8 Å². The van der Waals surface area contributed by atoms with Crippen LogP contribution in [-0.2, 0) is 0 Å². The van der Waals surface area contributed by atoms with E-state index in [0.29, 0.717) is 16.8 Å². The molecule has 5 aromatic rings. The van der Waals surface area contributed by atoms with Gasteiger partial charge in [-0.05, 0) is 42.8 Å². The van der Waals surface area contributed by atoms with Crippen molar-refractivity contribution < 1.29 is 9.59 Å². The van der Waals surface area contributed by atoms with Crippen molar-refractivity contribution in [1.29, 1.82) is 0 Å². The number of halogens is 1. The van der Waals surface area contributed by atoms with Crippen molar-refractivity contribution in [3.63, 3.8) is 0 Å². The van der Waals surface area contributed by atoms with E-state index in [9.17, 15) is 9.59 Å². The van der Waals surface area contributed by atoms with Crippen LogP contribution >= 0.6 is 11.6 Å². The summed E-state index contributed by atoms with van der Waals surface area (Å²) in [5, 5.41) is 4.05. The molecule has 4 aromatic carbocycles. The molecular formula is C29H20ClN3O2. The molecule has 0 aliphatic carbocycles. The van der Waals surface area contributed by atoms with Gasteiger partial charge >= 0.3 is 0 Å². The Morgan fingerprint density at radius 1 is 0.800 bits per heavy atom. The van der Waals surface area contributed by atoms with Crippen LogP contribution in [-0.4, -0.2) is 21.7 Å². The summed E-state index contributed by atoms with van der Waals surface area (Å²) in [6.45, 7) is 2.00. The monoisotopic (exact) mass is 477 g/mol. The molecule has 0 bridgehead atoms. The summed E-state index contributed by atoms with van der Waals surface area (Å²) in [5.74, 6) is -0.518. The van der Waals surface area contributed by atoms with Gasteiger partial charge < -0.3 is 5.32 Å². The quantitative estimate of drug-likeness (QED) is 0.284. The Bertz CT molecular complexity index is 1580. The molecule has 1 heterocycles. The maximum atomic E-state index is 13.0. The smallest absolute Gasteiger partial charge is 0.257 e. The fraction of sp³-hybridized carbons (Fsp3) is 0.0345. The van der Waals surface area contributed by atoms with Gasteiger partial charge in [-0.2, -0.15) is 0 Å². The van der Waals surface area contributed by atoms with E-state index in [4.69, 9.17) is 11.6 Å². The first-order chi connectivity index (χ1) is 17.0. The Labute approximate surface area is 207 Å². The number of fused-ring (bicyclic) bond motifs is 1. The largest absolute Gasteiger partial charge is 0.322 e. The number of aromatic nitrogens is 2. The minimum absolute atomic E-state index is 0.153. The number of nitrogens with zero attached hydrogens (tertiary/aromatic N) is 2. The van der Waals surface area contributed by atoms with Gasteiger partial charge in [0.1, 0.15) is 6.33 Å². The molecule has 0 fully saturated rings. The van der Waals surface area contributed by atoms with Crippen LogP contribution in [0, 0.1) is 6.92 Å². The lowest BCUT2D eigenvalue weighted by atomic mass is 10.0. The van der Waals surface area contributed by atoms with E-state index in [1.165, 1.54) is 6.07 Å². The van der Waals surface area contributed by atoms with Gasteiger partial charge in [0.2, 0.25) is 0 Å². The Kier molecular flexibility index (Phi) is 6.08. The lowest BCUT2D eigenvalue weighted by Crippen LogP contribution is -2.13. The van der Waals surface area contributed by atoms with E-state index in [-0.39, 0.29) is 22.3 Å². The normalized spacial score (nSPS) is 10.8. The van der Waals surface area contributed by atoms with Crippen LogP contribution in [0.3, 0.4) is 0 Å². The summed E-state index contributed by atoms with van der Waals surface area (Å²) in [7, 11) is 0. The summed E-state index contributed by atoms with van der Waals surface area (Å²) in [6, 6.07) is 27.1. The SMILES string of the molecule is Cc1ccc(NC(=O)c2ccc(C(=O)c3ccccc3)cc2Cl)cc1-c1ncnc2ccccc12. The highest BCUT2D eigenvalue weighted by Crippen LogP contribution is 2.30. The van der Waals surface area contributed by atoms with E-state index in [1.807, 2.05) is 55.5 Å². The van der Waals surface area contributed by atoms with Crippen molar-refractivity contribution in [2.45, 2.75) is 6.92 Å². The second kappa shape index (κ2) is 9.49. The highest BCUT2D eigenvalue weighted by atomic mass is 35.5. The number of amides is 1. The predicted octanol–water partition coefficient (Wildman–Crippen LogP) is 6.74. The standard InChI is InChI=1S/C29H20ClN3O2/c1-18-11-13-21(16-24(18)27-23-9-5-6-10-26(23)31-17-32-27)33-29(35)22-14-12-20(15-25(22)30)28(34)19-7-3-2-4-8-19/h2-17H,1H3,(H,33,35). The lowest BCUT2D eigenvalue weighted by Gasteiger charge is -2.12. The van der Waals surface area contributed by atoms with Gasteiger partial charge in [0.15, 0.2) is 5.78 Å². The Morgan fingerprint density at radius 2 is 1.57 bits per heavy atom. The van der Waals surface area contributed by atoms with Crippen LogP contribution in [0.1, 0.15) is 31.8 Å². The second-order valence-electron chi connectivity index (χ2n) is 8.11. The molecule has 0 unspecified atom stereocenters. The van der Waals surface area contributed by atoms with Crippen LogP contribution in [0.5, 0.6) is 0 Å². The molecule has 1 amide bonds. The number of benzene rings is 4. The molecule has 5 nitrogen and oxygen atoms in total. The number of aryl methyl sites for hydroxylation is 1.